The molecule has 0 saturated heterocycles. The third-order valence-electron chi connectivity index (χ3n) is 5.33. The lowest BCUT2D eigenvalue weighted by Crippen LogP contribution is -2.07. The Bertz CT molecular complexity index is 1320. The van der Waals surface area contributed by atoms with Crippen molar-refractivity contribution in [3.05, 3.63) is 53.1 Å². The lowest BCUT2D eigenvalue weighted by Gasteiger charge is -2.13. The lowest BCUT2D eigenvalue weighted by atomic mass is 10.1. The molecule has 164 valence electrons. The largest absolute Gasteiger partial charge is 0.496 e. The number of aryl methyl sites for hydroxylation is 1. The number of hydrogen-bond donors (Lipinski definition) is 1. The number of pyridine rings is 1. The number of ether oxygens (including phenoxy) is 4. The molecule has 1 aliphatic heterocycles. The number of hydrogen-bond acceptors (Lipinski definition) is 9. The molecule has 0 saturated carbocycles. The van der Waals surface area contributed by atoms with E-state index in [9.17, 15) is 0 Å². The van der Waals surface area contributed by atoms with Crippen LogP contribution in [0.1, 0.15) is 22.4 Å². The SMILES string of the molecule is COc1c(C)cnc(Cn2cnc3c(OCc4ccc5c(c4)OCO5)nc(N)nc32)c1C. The molecule has 0 atom stereocenters. The van der Waals surface area contributed by atoms with Crippen molar-refractivity contribution >= 4 is 17.1 Å². The van der Waals surface area contributed by atoms with Crippen molar-refractivity contribution in [2.24, 2.45) is 0 Å². The van der Waals surface area contributed by atoms with Gasteiger partial charge in [-0.25, -0.2) is 4.98 Å². The number of fused-ring (bicyclic) bond motifs is 2. The van der Waals surface area contributed by atoms with Crippen molar-refractivity contribution in [2.45, 2.75) is 27.0 Å². The Labute approximate surface area is 184 Å². The quantitative estimate of drug-likeness (QED) is 0.488. The van der Waals surface area contributed by atoms with E-state index in [1.807, 2.05) is 36.6 Å². The Balaban J connectivity index is 1.43. The fourth-order valence-corrected chi connectivity index (χ4v) is 3.73. The lowest BCUT2D eigenvalue weighted by molar-refractivity contribution is 0.174. The minimum absolute atomic E-state index is 0.103. The van der Waals surface area contributed by atoms with Gasteiger partial charge in [0.1, 0.15) is 12.4 Å². The maximum atomic E-state index is 5.97. The zero-order valence-corrected chi connectivity index (χ0v) is 18.0. The molecule has 5 rings (SSSR count). The first-order valence-electron chi connectivity index (χ1n) is 10.0. The van der Waals surface area contributed by atoms with Crippen molar-refractivity contribution < 1.29 is 18.9 Å². The van der Waals surface area contributed by atoms with Gasteiger partial charge >= 0.3 is 0 Å². The molecule has 0 aliphatic carbocycles. The van der Waals surface area contributed by atoms with Crippen molar-refractivity contribution in [2.75, 3.05) is 19.6 Å². The first-order chi connectivity index (χ1) is 15.5. The van der Waals surface area contributed by atoms with Gasteiger partial charge in [0.05, 0.1) is 25.7 Å². The summed E-state index contributed by atoms with van der Waals surface area (Å²) in [4.78, 5) is 17.6. The van der Waals surface area contributed by atoms with Crippen LogP contribution in [0.15, 0.2) is 30.7 Å². The summed E-state index contributed by atoms with van der Waals surface area (Å²) in [7, 11) is 1.66. The van der Waals surface area contributed by atoms with Gasteiger partial charge in [0, 0.05) is 17.3 Å². The van der Waals surface area contributed by atoms with Crippen LogP contribution >= 0.6 is 0 Å². The van der Waals surface area contributed by atoms with Gasteiger partial charge in [-0.05, 0) is 31.5 Å². The molecule has 0 bridgehead atoms. The third-order valence-corrected chi connectivity index (χ3v) is 5.33. The van der Waals surface area contributed by atoms with Crippen LogP contribution in [0.2, 0.25) is 0 Å². The number of methoxy groups -OCH3 is 1. The second-order valence-corrected chi connectivity index (χ2v) is 7.45. The number of nitrogen functional groups attached to an aromatic ring is 1. The van der Waals surface area contributed by atoms with E-state index < -0.39 is 0 Å². The first-order valence-corrected chi connectivity index (χ1v) is 10.0. The Morgan fingerprint density at radius 1 is 1.12 bits per heavy atom. The van der Waals surface area contributed by atoms with E-state index in [1.165, 1.54) is 0 Å². The van der Waals surface area contributed by atoms with Gasteiger partial charge in [0.25, 0.3) is 0 Å². The van der Waals surface area contributed by atoms with E-state index in [0.29, 0.717) is 29.3 Å². The maximum Gasteiger partial charge on any atom is 0.247 e. The molecule has 0 spiro atoms. The summed E-state index contributed by atoms with van der Waals surface area (Å²) in [6.07, 6.45) is 3.48. The smallest absolute Gasteiger partial charge is 0.247 e. The molecule has 0 radical (unpaired) electrons. The third kappa shape index (κ3) is 3.49. The van der Waals surface area contributed by atoms with E-state index in [-0.39, 0.29) is 19.3 Å². The summed E-state index contributed by atoms with van der Waals surface area (Å²) in [6.45, 7) is 4.90. The summed E-state index contributed by atoms with van der Waals surface area (Å²) in [5.41, 5.74) is 10.8. The van der Waals surface area contributed by atoms with Crippen LogP contribution in [-0.2, 0) is 13.2 Å². The highest BCUT2D eigenvalue weighted by molar-refractivity contribution is 5.77. The molecule has 2 N–H and O–H groups in total. The van der Waals surface area contributed by atoms with Crippen LogP contribution < -0.4 is 24.7 Å². The predicted octanol–water partition coefficient (Wildman–Crippen LogP) is 2.78. The van der Waals surface area contributed by atoms with Crippen LogP contribution in [0.25, 0.3) is 11.2 Å². The Morgan fingerprint density at radius 2 is 1.97 bits per heavy atom. The highest BCUT2D eigenvalue weighted by Gasteiger charge is 2.18. The normalized spacial score (nSPS) is 12.3. The molecule has 3 aromatic heterocycles. The van der Waals surface area contributed by atoms with Crippen molar-refractivity contribution in [3.63, 3.8) is 0 Å². The zero-order chi connectivity index (χ0) is 22.2. The monoisotopic (exact) mass is 434 g/mol. The number of anilines is 1. The molecule has 10 heteroatoms. The van der Waals surface area contributed by atoms with Gasteiger partial charge in [-0.2, -0.15) is 9.97 Å². The molecule has 0 unspecified atom stereocenters. The fraction of sp³-hybridized carbons (Fsp3) is 0.273. The summed E-state index contributed by atoms with van der Waals surface area (Å²) in [6, 6.07) is 5.64. The molecule has 1 aromatic carbocycles. The maximum absolute atomic E-state index is 5.97. The van der Waals surface area contributed by atoms with Crippen LogP contribution in [-0.4, -0.2) is 38.4 Å². The summed E-state index contributed by atoms with van der Waals surface area (Å²) < 4.78 is 24.1. The molecule has 0 fully saturated rings. The van der Waals surface area contributed by atoms with E-state index in [0.717, 1.165) is 33.9 Å². The highest BCUT2D eigenvalue weighted by Crippen LogP contribution is 2.33. The second kappa shape index (κ2) is 7.88. The number of nitrogens with zero attached hydrogens (tertiary/aromatic N) is 5. The van der Waals surface area contributed by atoms with Crippen molar-refractivity contribution in [3.8, 4) is 23.1 Å². The van der Waals surface area contributed by atoms with E-state index >= 15 is 0 Å². The van der Waals surface area contributed by atoms with Crippen LogP contribution in [0, 0.1) is 13.8 Å². The summed E-state index contributed by atoms with van der Waals surface area (Å²) >= 11 is 0. The standard InChI is InChI=1S/C22H22N6O4/c1-12-7-24-15(13(2)19(12)29-3)8-28-10-25-18-20(28)26-22(23)27-21(18)30-9-14-4-5-16-17(6-14)32-11-31-16/h4-7,10H,8-9,11H2,1-3H3,(H2,23,26,27). The summed E-state index contributed by atoms with van der Waals surface area (Å²) in [5.74, 6) is 2.65. The van der Waals surface area contributed by atoms with E-state index in [4.69, 9.17) is 24.7 Å². The average molecular weight is 434 g/mol. The molecular weight excluding hydrogens is 412 g/mol. The second-order valence-electron chi connectivity index (χ2n) is 7.45. The first kappa shape index (κ1) is 19.9. The number of rotatable bonds is 6. The Morgan fingerprint density at radius 3 is 2.81 bits per heavy atom. The molecular formula is C22H22N6O4. The predicted molar refractivity (Wildman–Crippen MR) is 116 cm³/mol. The van der Waals surface area contributed by atoms with Crippen LogP contribution in [0.4, 0.5) is 5.95 Å². The molecule has 10 nitrogen and oxygen atoms in total. The van der Waals surface area contributed by atoms with Crippen molar-refractivity contribution in [1.29, 1.82) is 0 Å². The van der Waals surface area contributed by atoms with Gasteiger partial charge in [-0.1, -0.05) is 6.07 Å². The van der Waals surface area contributed by atoms with Gasteiger partial charge in [-0.15, -0.1) is 0 Å². The Hall–Kier alpha value is -4.08. The summed E-state index contributed by atoms with van der Waals surface area (Å²) in [5, 5.41) is 0. The molecule has 1 aliphatic rings. The van der Waals surface area contributed by atoms with Gasteiger partial charge in [0.2, 0.25) is 18.6 Å². The van der Waals surface area contributed by atoms with Gasteiger partial charge in [0.15, 0.2) is 22.7 Å². The molecule has 32 heavy (non-hydrogen) atoms. The number of aromatic nitrogens is 5. The topological polar surface area (TPSA) is 119 Å². The van der Waals surface area contributed by atoms with Crippen LogP contribution in [0.3, 0.4) is 0 Å². The average Bonchev–Trinajstić information content (AvgIpc) is 3.41. The fourth-order valence-electron chi connectivity index (χ4n) is 3.73. The van der Waals surface area contributed by atoms with E-state index in [2.05, 4.69) is 19.9 Å². The van der Waals surface area contributed by atoms with Crippen molar-refractivity contribution in [1.82, 2.24) is 24.5 Å². The minimum Gasteiger partial charge on any atom is -0.496 e. The van der Waals surface area contributed by atoms with Crippen LogP contribution in [0.5, 0.6) is 23.1 Å². The zero-order valence-electron chi connectivity index (χ0n) is 18.0. The number of benzene rings is 1. The minimum atomic E-state index is 0.103. The molecule has 0 amide bonds. The van der Waals surface area contributed by atoms with Gasteiger partial charge in [-0.3, -0.25) is 4.98 Å². The number of imidazole rings is 1. The number of nitrogens with two attached hydrogens (primary N) is 1. The van der Waals surface area contributed by atoms with E-state index in [1.54, 1.807) is 19.6 Å². The Kier molecular flexibility index (Phi) is 4.89. The van der Waals surface area contributed by atoms with Gasteiger partial charge < -0.3 is 29.2 Å². The molecule has 4 aromatic rings. The highest BCUT2D eigenvalue weighted by atomic mass is 16.7. The molecule has 4 heterocycles.